The first kappa shape index (κ1) is 39.0. The lowest BCUT2D eigenvalue weighted by molar-refractivity contribution is -0.434. The first-order chi connectivity index (χ1) is 24.0. The highest BCUT2D eigenvalue weighted by Gasteiger charge is 2.23. The fourth-order valence-corrected chi connectivity index (χ4v) is 6.47. The molecule has 25 heteroatoms. The highest BCUT2D eigenvalue weighted by Crippen LogP contribution is 2.32. The van der Waals surface area contributed by atoms with Gasteiger partial charge in [-0.3, -0.25) is 22.9 Å². The largest absolute Gasteiger partial charge is 0.494 e. The van der Waals surface area contributed by atoms with Crippen molar-refractivity contribution in [3.63, 3.8) is 0 Å². The number of anilines is 4. The van der Waals surface area contributed by atoms with Crippen LogP contribution in [0.3, 0.4) is 0 Å². The lowest BCUT2D eigenvalue weighted by Crippen LogP contribution is -2.25. The smallest absolute Gasteiger partial charge is 0.296 e. The predicted molar refractivity (Wildman–Crippen MR) is 180 cm³/mol. The third-order valence-corrected chi connectivity index (χ3v) is 9.73. The highest BCUT2D eigenvalue weighted by atomic mass is 35.5. The molecule has 0 fully saturated rings. The Morgan fingerprint density at radius 1 is 1.04 bits per heavy atom. The van der Waals surface area contributed by atoms with E-state index in [0.29, 0.717) is 5.69 Å². The Bertz CT molecular complexity index is 2260. The second kappa shape index (κ2) is 16.5. The van der Waals surface area contributed by atoms with Crippen LogP contribution in [0.5, 0.6) is 5.88 Å². The van der Waals surface area contributed by atoms with Crippen LogP contribution in [-0.4, -0.2) is 69.5 Å². The van der Waals surface area contributed by atoms with Gasteiger partial charge in [0.1, 0.15) is 16.1 Å². The molecule has 272 valence electrons. The van der Waals surface area contributed by atoms with Crippen molar-refractivity contribution in [1.82, 2.24) is 19.5 Å². The first-order valence-electron chi connectivity index (χ1n) is 13.9. The van der Waals surface area contributed by atoms with Gasteiger partial charge >= 0.3 is 0 Å². The number of halogens is 1. The Morgan fingerprint density at radius 3 is 2.25 bits per heavy atom. The minimum atomic E-state index is -4.87. The van der Waals surface area contributed by atoms with E-state index in [-0.39, 0.29) is 58.8 Å². The topological polar surface area (TPSA) is 309 Å². The van der Waals surface area contributed by atoms with Crippen LogP contribution in [0.15, 0.2) is 67.3 Å². The summed E-state index contributed by atoms with van der Waals surface area (Å²) in [5.74, 6) is -2.37. The van der Waals surface area contributed by atoms with E-state index in [1.807, 2.05) is 0 Å². The third kappa shape index (κ3) is 9.72. The summed E-state index contributed by atoms with van der Waals surface area (Å²) >= 11 is 6.33. The second-order valence-electron chi connectivity index (χ2n) is 9.82. The Kier molecular flexibility index (Phi) is 12.6. The number of benzene rings is 2. The van der Waals surface area contributed by atoms with Crippen LogP contribution < -0.4 is 21.9 Å². The standard InChI is InChI=1S/C26H26ClN9O12S3/c1-3-36-22(38)19(21(28)37)13(2)20(23(36)39)35-34-17-12-15(6-9-18(17)51(43,44)45)30-26-32-24(27)31-25(33-26)29-14-4-7-16(8-5-14)50(41,42)11-10-46-49-48-47-40/h4-9,12,38,40H,3,10-11H2,1-2H3,(H2,28,37)(H,43,44,45)(H2,29,30,31,32,33). The van der Waals surface area contributed by atoms with Crippen LogP contribution in [0, 0.1) is 6.92 Å². The number of sulfone groups is 1. The van der Waals surface area contributed by atoms with Crippen LogP contribution >= 0.6 is 23.9 Å². The fraction of sp³-hybridized carbons (Fsp3) is 0.192. The number of nitrogens with two attached hydrogens (primary N) is 1. The number of azo groups is 1. The molecular weight excluding hydrogens is 762 g/mol. The molecule has 0 saturated heterocycles. The molecule has 2 aromatic carbocycles. The van der Waals surface area contributed by atoms with Gasteiger partial charge in [-0.1, -0.05) is 5.04 Å². The summed E-state index contributed by atoms with van der Waals surface area (Å²) < 4.78 is 68.7. The zero-order valence-electron chi connectivity index (χ0n) is 26.0. The molecule has 0 radical (unpaired) electrons. The SMILES string of the molecule is CCn1c(O)c(C(N)=O)c(C)c(N=Nc2cc(Nc3nc(Cl)nc(Nc4ccc(S(=O)(=O)CCOSOOO)cc4)n3)ccc2S(=O)(=O)O)c1=O. The van der Waals surface area contributed by atoms with Crippen LogP contribution in [-0.2, 0) is 40.1 Å². The van der Waals surface area contributed by atoms with Crippen molar-refractivity contribution in [2.75, 3.05) is 23.0 Å². The Hall–Kier alpha value is -4.79. The molecule has 2 heterocycles. The lowest BCUT2D eigenvalue weighted by Gasteiger charge is -2.13. The van der Waals surface area contributed by atoms with Gasteiger partial charge in [0.05, 0.1) is 17.3 Å². The van der Waals surface area contributed by atoms with Crippen LogP contribution in [0.4, 0.5) is 34.6 Å². The van der Waals surface area contributed by atoms with Crippen LogP contribution in [0.25, 0.3) is 0 Å². The average Bonchev–Trinajstić information content (AvgIpc) is 3.04. The number of aromatic hydroxyl groups is 1. The van der Waals surface area contributed by atoms with Crippen molar-refractivity contribution in [2.45, 2.75) is 30.2 Å². The number of hydrogen-bond acceptors (Lipinski definition) is 19. The fourth-order valence-electron chi connectivity index (χ4n) is 4.30. The molecule has 0 unspecified atom stereocenters. The van der Waals surface area contributed by atoms with E-state index < -0.39 is 64.9 Å². The van der Waals surface area contributed by atoms with E-state index in [2.05, 4.69) is 45.2 Å². The molecule has 21 nitrogen and oxygen atoms in total. The minimum absolute atomic E-state index is 0.0248. The maximum atomic E-state index is 13.0. The minimum Gasteiger partial charge on any atom is -0.494 e. The molecular formula is C26H26ClN9O12S3. The molecule has 0 spiro atoms. The second-order valence-corrected chi connectivity index (χ2v) is 14.2. The number of pyridine rings is 1. The average molecular weight is 788 g/mol. The first-order valence-corrected chi connectivity index (χ1v) is 18.0. The number of nitrogens with one attached hydrogen (secondary N) is 2. The van der Waals surface area contributed by atoms with E-state index in [4.69, 9.17) is 26.8 Å². The summed E-state index contributed by atoms with van der Waals surface area (Å²) in [6.07, 6.45) is 0. The molecule has 7 N–H and O–H groups in total. The molecule has 4 aromatic rings. The number of hydrogen-bond donors (Lipinski definition) is 6. The number of primary amides is 1. The van der Waals surface area contributed by atoms with Crippen molar-refractivity contribution in [3.8, 4) is 5.88 Å². The molecule has 0 bridgehead atoms. The normalized spacial score (nSPS) is 11.9. The molecule has 4 rings (SSSR count). The van der Waals surface area contributed by atoms with Gasteiger partial charge in [-0.15, -0.1) is 14.6 Å². The monoisotopic (exact) mass is 787 g/mol. The highest BCUT2D eigenvalue weighted by molar-refractivity contribution is 7.91. The van der Waals surface area contributed by atoms with Gasteiger partial charge < -0.3 is 21.5 Å². The van der Waals surface area contributed by atoms with Crippen molar-refractivity contribution >= 4 is 84.4 Å². The number of rotatable bonds is 16. The van der Waals surface area contributed by atoms with E-state index in [1.54, 1.807) is 0 Å². The number of carbonyl (C=O) groups is 1. The van der Waals surface area contributed by atoms with E-state index >= 15 is 0 Å². The van der Waals surface area contributed by atoms with Gasteiger partial charge in [0, 0.05) is 23.5 Å². The molecule has 0 aliphatic carbocycles. The van der Waals surface area contributed by atoms with Gasteiger partial charge in [-0.05, 0) is 67.9 Å². The van der Waals surface area contributed by atoms with E-state index in [9.17, 15) is 36.1 Å². The molecule has 1 amide bonds. The lowest BCUT2D eigenvalue weighted by atomic mass is 10.1. The summed E-state index contributed by atoms with van der Waals surface area (Å²) in [5, 5.41) is 34.8. The van der Waals surface area contributed by atoms with Gasteiger partial charge in [0.15, 0.2) is 27.8 Å². The maximum absolute atomic E-state index is 13.0. The summed E-state index contributed by atoms with van der Waals surface area (Å²) in [6, 6.07) is 8.82. The number of nitrogens with zero attached hydrogens (tertiary/aromatic N) is 6. The summed E-state index contributed by atoms with van der Waals surface area (Å²) in [7, 11) is -8.62. The summed E-state index contributed by atoms with van der Waals surface area (Å²) in [4.78, 5) is 36.4. The zero-order chi connectivity index (χ0) is 37.5. The third-order valence-electron chi connectivity index (χ3n) is 6.59. The molecule has 0 atom stereocenters. The Balaban J connectivity index is 1.60. The van der Waals surface area contributed by atoms with Crippen molar-refractivity contribution in [3.05, 3.63) is 69.2 Å². The van der Waals surface area contributed by atoms with Gasteiger partial charge in [0.2, 0.25) is 23.1 Å². The quantitative estimate of drug-likeness (QED) is 0.0235. The predicted octanol–water partition coefficient (Wildman–Crippen LogP) is 3.74. The molecule has 0 aliphatic rings. The Labute approximate surface area is 297 Å². The van der Waals surface area contributed by atoms with Crippen molar-refractivity contribution < 1.29 is 50.1 Å². The zero-order valence-corrected chi connectivity index (χ0v) is 29.2. The number of aromatic nitrogens is 4. The van der Waals surface area contributed by atoms with Gasteiger partial charge in [-0.2, -0.15) is 23.4 Å². The van der Waals surface area contributed by atoms with E-state index in [1.165, 1.54) is 44.2 Å². The molecule has 51 heavy (non-hydrogen) atoms. The maximum Gasteiger partial charge on any atom is 0.296 e. The molecule has 2 aromatic heterocycles. The number of carbonyl (C=O) groups excluding carboxylic acids is 1. The van der Waals surface area contributed by atoms with Gasteiger partial charge in [0.25, 0.3) is 21.6 Å². The van der Waals surface area contributed by atoms with Gasteiger partial charge in [-0.25, -0.2) is 13.7 Å². The number of amides is 1. The van der Waals surface area contributed by atoms with Crippen LogP contribution in [0.2, 0.25) is 5.28 Å². The van der Waals surface area contributed by atoms with E-state index in [0.717, 1.165) is 16.7 Å². The molecule has 0 saturated carbocycles. The molecule has 0 aliphatic heterocycles. The summed E-state index contributed by atoms with van der Waals surface area (Å²) in [6.45, 7) is 2.46. The van der Waals surface area contributed by atoms with Crippen molar-refractivity contribution in [2.24, 2.45) is 16.0 Å². The van der Waals surface area contributed by atoms with Crippen LogP contribution in [0.1, 0.15) is 22.8 Å². The summed E-state index contributed by atoms with van der Waals surface area (Å²) in [5.41, 5.74) is 3.58. The Morgan fingerprint density at radius 2 is 1.67 bits per heavy atom. The van der Waals surface area contributed by atoms with Crippen molar-refractivity contribution in [1.29, 1.82) is 0 Å².